The minimum atomic E-state index is -4.71. The quantitative estimate of drug-likeness (QED) is 0.115. The van der Waals surface area contributed by atoms with Gasteiger partial charge in [0.1, 0.15) is 11.5 Å². The molecule has 0 spiro atoms. The minimum absolute atomic E-state index is 0.238. The molecule has 0 bridgehead atoms. The molecule has 0 atom stereocenters. The summed E-state index contributed by atoms with van der Waals surface area (Å²) in [6.45, 7) is 11.4. The summed E-state index contributed by atoms with van der Waals surface area (Å²) in [7, 11) is 0. The molecule has 0 heterocycles. The van der Waals surface area contributed by atoms with E-state index in [0.717, 1.165) is 70.8 Å². The van der Waals surface area contributed by atoms with Crippen molar-refractivity contribution in [1.29, 1.82) is 0 Å². The fraction of sp³-hybridized carbons (Fsp3) is 0.500. The summed E-state index contributed by atoms with van der Waals surface area (Å²) in [4.78, 5) is 0. The molecule has 0 unspecified atom stereocenters. The molecule has 0 radical (unpaired) electrons. The lowest BCUT2D eigenvalue weighted by atomic mass is 9.95. The number of alkyl halides is 3. The van der Waals surface area contributed by atoms with Crippen molar-refractivity contribution in [3.8, 4) is 22.6 Å². The first-order valence-corrected chi connectivity index (χ1v) is 15.9. The van der Waals surface area contributed by atoms with Crippen molar-refractivity contribution >= 4 is 11.4 Å². The van der Waals surface area contributed by atoms with E-state index >= 15 is 0 Å². The molecular weight excluding hydrogens is 549 g/mol. The van der Waals surface area contributed by atoms with Crippen molar-refractivity contribution < 1.29 is 22.6 Å². The van der Waals surface area contributed by atoms with Gasteiger partial charge in [-0.25, -0.2) is 0 Å². The van der Waals surface area contributed by atoms with E-state index in [1.807, 2.05) is 24.3 Å². The lowest BCUT2D eigenvalue weighted by Gasteiger charge is -2.15. The zero-order valence-corrected chi connectivity index (χ0v) is 26.4. The average molecular weight is 597 g/mol. The first-order valence-electron chi connectivity index (χ1n) is 15.9. The molecule has 3 aromatic rings. The number of unbranched alkanes of at least 4 members (excludes halogenated alkanes) is 7. The summed E-state index contributed by atoms with van der Waals surface area (Å²) < 4.78 is 47.9. The molecule has 0 amide bonds. The van der Waals surface area contributed by atoms with Gasteiger partial charge in [0.05, 0.1) is 18.0 Å². The van der Waals surface area contributed by atoms with Crippen LogP contribution in [0.1, 0.15) is 109 Å². The smallest absolute Gasteiger partial charge is 0.493 e. The van der Waals surface area contributed by atoms with Gasteiger partial charge >= 0.3 is 6.36 Å². The standard InChI is InChI=1S/C36H47F3N2O2/c1-6-9-10-11-12-13-14-15-22-42-34-21-18-31(25-33(34)26(4)5)40-41-35-27(7-2)23-30(24-28(35)8-3)29-16-19-32(20-17-29)43-36(37,38)39/h16-21,23-26H,6-15,22H2,1-5H3. The summed E-state index contributed by atoms with van der Waals surface area (Å²) in [5.74, 6) is 0.961. The van der Waals surface area contributed by atoms with Crippen LogP contribution in [0.4, 0.5) is 24.5 Å². The molecule has 4 nitrogen and oxygen atoms in total. The van der Waals surface area contributed by atoms with E-state index in [4.69, 9.17) is 9.85 Å². The number of halogens is 3. The van der Waals surface area contributed by atoms with Crippen molar-refractivity contribution in [2.24, 2.45) is 10.2 Å². The van der Waals surface area contributed by atoms with Crippen LogP contribution in [0.25, 0.3) is 11.1 Å². The third-order valence-corrected chi connectivity index (χ3v) is 7.59. The number of aryl methyl sites for hydroxylation is 2. The molecule has 7 heteroatoms. The second-order valence-electron chi connectivity index (χ2n) is 11.3. The highest BCUT2D eigenvalue weighted by Crippen LogP contribution is 2.36. The fourth-order valence-corrected chi connectivity index (χ4v) is 5.15. The highest BCUT2D eigenvalue weighted by Gasteiger charge is 2.31. The van der Waals surface area contributed by atoms with Crippen LogP contribution in [0.5, 0.6) is 11.5 Å². The summed E-state index contributed by atoms with van der Waals surface area (Å²) in [6.07, 6.45) is 6.93. The van der Waals surface area contributed by atoms with E-state index < -0.39 is 6.36 Å². The maximum absolute atomic E-state index is 12.6. The van der Waals surface area contributed by atoms with Crippen LogP contribution in [0.15, 0.2) is 64.8 Å². The van der Waals surface area contributed by atoms with Gasteiger partial charge in [-0.1, -0.05) is 91.7 Å². The first kappa shape index (κ1) is 34.1. The van der Waals surface area contributed by atoms with Gasteiger partial charge in [-0.05, 0) is 95.5 Å². The average Bonchev–Trinajstić information content (AvgIpc) is 2.98. The lowest BCUT2D eigenvalue weighted by molar-refractivity contribution is -0.274. The minimum Gasteiger partial charge on any atom is -0.493 e. The first-order chi connectivity index (χ1) is 20.6. The van der Waals surface area contributed by atoms with Gasteiger partial charge in [0.25, 0.3) is 0 Å². The molecule has 0 aliphatic heterocycles. The van der Waals surface area contributed by atoms with Crippen molar-refractivity contribution in [1.82, 2.24) is 0 Å². The Labute approximate surface area is 255 Å². The predicted molar refractivity (Wildman–Crippen MR) is 170 cm³/mol. The number of rotatable bonds is 17. The van der Waals surface area contributed by atoms with Crippen LogP contribution in [0, 0.1) is 0 Å². The van der Waals surface area contributed by atoms with E-state index in [1.54, 1.807) is 12.1 Å². The van der Waals surface area contributed by atoms with Crippen LogP contribution < -0.4 is 9.47 Å². The van der Waals surface area contributed by atoms with Crippen molar-refractivity contribution in [2.45, 2.75) is 111 Å². The van der Waals surface area contributed by atoms with Crippen LogP contribution in [-0.2, 0) is 12.8 Å². The molecule has 0 saturated carbocycles. The number of hydrogen-bond acceptors (Lipinski definition) is 4. The molecule has 3 aromatic carbocycles. The third kappa shape index (κ3) is 11.0. The maximum atomic E-state index is 12.6. The third-order valence-electron chi connectivity index (χ3n) is 7.59. The van der Waals surface area contributed by atoms with E-state index in [2.05, 4.69) is 50.5 Å². The second kappa shape index (κ2) is 17.1. The van der Waals surface area contributed by atoms with Gasteiger partial charge in [-0.15, -0.1) is 18.3 Å². The molecule has 0 aliphatic rings. The Morgan fingerprint density at radius 3 is 1.86 bits per heavy atom. The van der Waals surface area contributed by atoms with E-state index in [0.29, 0.717) is 0 Å². The lowest BCUT2D eigenvalue weighted by Crippen LogP contribution is -2.16. The molecule has 0 aliphatic carbocycles. The van der Waals surface area contributed by atoms with Gasteiger partial charge in [-0.3, -0.25) is 0 Å². The molecule has 0 fully saturated rings. The van der Waals surface area contributed by atoms with Gasteiger partial charge in [0.15, 0.2) is 0 Å². The summed E-state index contributed by atoms with van der Waals surface area (Å²) in [5, 5.41) is 9.32. The Balaban J connectivity index is 1.71. The fourth-order valence-electron chi connectivity index (χ4n) is 5.15. The molecule has 43 heavy (non-hydrogen) atoms. The summed E-state index contributed by atoms with van der Waals surface area (Å²) >= 11 is 0. The van der Waals surface area contributed by atoms with Crippen molar-refractivity contribution in [3.63, 3.8) is 0 Å². The summed E-state index contributed by atoms with van der Waals surface area (Å²) in [5.41, 5.74) is 6.53. The normalized spacial score (nSPS) is 11.9. The van der Waals surface area contributed by atoms with Gasteiger partial charge in [-0.2, -0.15) is 5.11 Å². The Morgan fingerprint density at radius 1 is 0.698 bits per heavy atom. The van der Waals surface area contributed by atoms with Gasteiger partial charge < -0.3 is 9.47 Å². The van der Waals surface area contributed by atoms with Crippen molar-refractivity contribution in [3.05, 3.63) is 71.3 Å². The summed E-state index contributed by atoms with van der Waals surface area (Å²) in [6, 6.07) is 16.0. The van der Waals surface area contributed by atoms with E-state index in [9.17, 15) is 13.2 Å². The zero-order valence-electron chi connectivity index (χ0n) is 26.4. The number of ether oxygens (including phenoxy) is 2. The maximum Gasteiger partial charge on any atom is 0.573 e. The largest absolute Gasteiger partial charge is 0.573 e. The topological polar surface area (TPSA) is 43.2 Å². The van der Waals surface area contributed by atoms with Gasteiger partial charge in [0, 0.05) is 0 Å². The number of nitrogens with zero attached hydrogens (tertiary/aromatic N) is 2. The molecule has 3 rings (SSSR count). The van der Waals surface area contributed by atoms with Crippen LogP contribution in [0.3, 0.4) is 0 Å². The Hall–Kier alpha value is -3.35. The molecule has 234 valence electrons. The Kier molecular flexibility index (Phi) is 13.6. The monoisotopic (exact) mass is 596 g/mol. The molecule has 0 N–H and O–H groups in total. The van der Waals surface area contributed by atoms with Crippen LogP contribution >= 0.6 is 0 Å². The van der Waals surface area contributed by atoms with Gasteiger partial charge in [0.2, 0.25) is 0 Å². The SMILES string of the molecule is CCCCCCCCCCOc1ccc(N=Nc2c(CC)cc(-c3ccc(OC(F)(F)F)cc3)cc2CC)cc1C(C)C. The number of azo groups is 1. The molecule has 0 aromatic heterocycles. The zero-order chi connectivity index (χ0) is 31.2. The number of hydrogen-bond donors (Lipinski definition) is 0. The molecular formula is C36H47F3N2O2. The Bertz CT molecular complexity index is 1280. The second-order valence-corrected chi connectivity index (χ2v) is 11.3. The van der Waals surface area contributed by atoms with E-state index in [1.165, 1.54) is 57.1 Å². The van der Waals surface area contributed by atoms with Crippen molar-refractivity contribution in [2.75, 3.05) is 6.61 Å². The highest BCUT2D eigenvalue weighted by atomic mass is 19.4. The van der Waals surface area contributed by atoms with E-state index in [-0.39, 0.29) is 11.7 Å². The number of benzene rings is 3. The Morgan fingerprint density at radius 2 is 1.30 bits per heavy atom. The van der Waals surface area contributed by atoms with Crippen LogP contribution in [-0.4, -0.2) is 13.0 Å². The molecule has 0 saturated heterocycles. The predicted octanol–water partition coefficient (Wildman–Crippen LogP) is 12.4. The highest BCUT2D eigenvalue weighted by molar-refractivity contribution is 5.71. The van der Waals surface area contributed by atoms with Crippen LogP contribution in [0.2, 0.25) is 0 Å².